The van der Waals surface area contributed by atoms with Crippen molar-refractivity contribution < 1.29 is 14.6 Å². The summed E-state index contributed by atoms with van der Waals surface area (Å²) in [4.78, 5) is 23.3. The van der Waals surface area contributed by atoms with Crippen LogP contribution in [0.1, 0.15) is 0 Å². The normalized spacial score (nSPS) is 10.4. The molecule has 0 atom stereocenters. The van der Waals surface area contributed by atoms with Crippen LogP contribution in [-0.2, 0) is 4.74 Å². The molecule has 0 aliphatic carbocycles. The molecule has 2 aromatic rings. The summed E-state index contributed by atoms with van der Waals surface area (Å²) in [5, 5.41) is 13.3. The van der Waals surface area contributed by atoms with E-state index in [0.717, 1.165) is 0 Å². The fourth-order valence-corrected chi connectivity index (χ4v) is 1.41. The Morgan fingerprint density at radius 3 is 2.94 bits per heavy atom. The van der Waals surface area contributed by atoms with E-state index in [2.05, 4.69) is 9.84 Å². The van der Waals surface area contributed by atoms with Gasteiger partial charge in [-0.05, 0) is 6.07 Å². The number of aromatic nitrogens is 2. The standard InChI is InChI=1S/C11H10N2O4/c14-5-6-17-11(16)13-10(15)9-4-2-1-3-8(9)7-12-13/h1-4,7,14H,5-6H2. The highest BCUT2D eigenvalue weighted by molar-refractivity contribution is 5.82. The Balaban J connectivity index is 2.46. The molecule has 88 valence electrons. The quantitative estimate of drug-likeness (QED) is 0.812. The van der Waals surface area contributed by atoms with Gasteiger partial charge in [0.15, 0.2) is 0 Å². The lowest BCUT2D eigenvalue weighted by Gasteiger charge is -2.04. The summed E-state index contributed by atoms with van der Waals surface area (Å²) in [6, 6.07) is 6.81. The van der Waals surface area contributed by atoms with Crippen molar-refractivity contribution in [2.24, 2.45) is 0 Å². The molecule has 2 rings (SSSR count). The van der Waals surface area contributed by atoms with Gasteiger partial charge < -0.3 is 9.84 Å². The topological polar surface area (TPSA) is 81.4 Å². The minimum absolute atomic E-state index is 0.167. The summed E-state index contributed by atoms with van der Waals surface area (Å²) in [6.45, 7) is -0.464. The average molecular weight is 234 g/mol. The van der Waals surface area contributed by atoms with Gasteiger partial charge in [0, 0.05) is 5.39 Å². The molecule has 0 radical (unpaired) electrons. The number of carbonyl (C=O) groups excluding carboxylic acids is 1. The number of rotatable bonds is 2. The van der Waals surface area contributed by atoms with E-state index in [9.17, 15) is 9.59 Å². The molecule has 6 heteroatoms. The zero-order valence-electron chi connectivity index (χ0n) is 8.87. The number of fused-ring (bicyclic) bond motifs is 1. The van der Waals surface area contributed by atoms with Crippen LogP contribution in [0.25, 0.3) is 10.8 Å². The van der Waals surface area contributed by atoms with Crippen molar-refractivity contribution in [2.45, 2.75) is 0 Å². The lowest BCUT2D eigenvalue weighted by atomic mass is 10.2. The highest BCUT2D eigenvalue weighted by atomic mass is 16.6. The highest BCUT2D eigenvalue weighted by Crippen LogP contribution is 2.06. The van der Waals surface area contributed by atoms with Gasteiger partial charge in [0.2, 0.25) is 0 Å². The smallest absolute Gasteiger partial charge is 0.438 e. The number of hydrogen-bond donors (Lipinski definition) is 1. The van der Waals surface area contributed by atoms with Crippen LogP contribution in [0.3, 0.4) is 0 Å². The van der Waals surface area contributed by atoms with Crippen LogP contribution in [0.5, 0.6) is 0 Å². The van der Waals surface area contributed by atoms with Crippen LogP contribution in [0.2, 0.25) is 0 Å². The van der Waals surface area contributed by atoms with Crippen molar-refractivity contribution in [3.63, 3.8) is 0 Å². The van der Waals surface area contributed by atoms with E-state index in [1.807, 2.05) is 0 Å². The van der Waals surface area contributed by atoms with Gasteiger partial charge in [0.25, 0.3) is 5.56 Å². The third kappa shape index (κ3) is 2.16. The third-order valence-electron chi connectivity index (χ3n) is 2.19. The van der Waals surface area contributed by atoms with E-state index < -0.39 is 11.7 Å². The first-order chi connectivity index (χ1) is 8.24. The molecule has 0 aliphatic heterocycles. The number of carbonyl (C=O) groups is 1. The molecule has 0 aliphatic rings. The fourth-order valence-electron chi connectivity index (χ4n) is 1.41. The predicted molar refractivity (Wildman–Crippen MR) is 59.8 cm³/mol. The second kappa shape index (κ2) is 4.75. The van der Waals surface area contributed by atoms with Crippen LogP contribution in [-0.4, -0.2) is 34.2 Å². The van der Waals surface area contributed by atoms with Gasteiger partial charge in [-0.25, -0.2) is 4.79 Å². The highest BCUT2D eigenvalue weighted by Gasteiger charge is 2.11. The second-order valence-corrected chi connectivity index (χ2v) is 3.29. The van der Waals surface area contributed by atoms with Gasteiger partial charge in [-0.1, -0.05) is 18.2 Å². The maximum Gasteiger partial charge on any atom is 0.438 e. The Hall–Kier alpha value is -2.21. The molecule has 0 fully saturated rings. The first-order valence-electron chi connectivity index (χ1n) is 4.99. The molecule has 0 amide bonds. The molecule has 17 heavy (non-hydrogen) atoms. The molecule has 1 heterocycles. The van der Waals surface area contributed by atoms with E-state index in [-0.39, 0.29) is 13.2 Å². The Bertz CT molecular complexity index is 606. The molecule has 6 nitrogen and oxygen atoms in total. The Labute approximate surface area is 96.1 Å². The first kappa shape index (κ1) is 11.3. The van der Waals surface area contributed by atoms with Gasteiger partial charge >= 0.3 is 6.09 Å². The fraction of sp³-hybridized carbons (Fsp3) is 0.182. The number of aliphatic hydroxyl groups is 1. The molecule has 1 aromatic carbocycles. The molecule has 0 spiro atoms. The van der Waals surface area contributed by atoms with Crippen LogP contribution < -0.4 is 5.56 Å². The molecule has 0 bridgehead atoms. The van der Waals surface area contributed by atoms with E-state index in [4.69, 9.17) is 5.11 Å². The minimum atomic E-state index is -0.894. The number of benzene rings is 1. The molecule has 1 N–H and O–H groups in total. The third-order valence-corrected chi connectivity index (χ3v) is 2.19. The zero-order chi connectivity index (χ0) is 12.3. The number of aliphatic hydroxyl groups excluding tert-OH is 1. The molecule has 0 saturated carbocycles. The Morgan fingerprint density at radius 1 is 1.41 bits per heavy atom. The van der Waals surface area contributed by atoms with Crippen LogP contribution >= 0.6 is 0 Å². The summed E-state index contributed by atoms with van der Waals surface area (Å²) in [6.07, 6.45) is 0.520. The zero-order valence-corrected chi connectivity index (χ0v) is 8.87. The first-order valence-corrected chi connectivity index (χ1v) is 4.99. The van der Waals surface area contributed by atoms with Crippen LogP contribution in [0, 0.1) is 0 Å². The van der Waals surface area contributed by atoms with Crippen molar-refractivity contribution >= 4 is 16.9 Å². The Kier molecular flexibility index (Phi) is 3.15. The molecular weight excluding hydrogens is 224 g/mol. The molecule has 0 unspecified atom stereocenters. The number of nitrogens with zero attached hydrogens (tertiary/aromatic N) is 2. The van der Waals surface area contributed by atoms with Crippen LogP contribution in [0.4, 0.5) is 4.79 Å². The van der Waals surface area contributed by atoms with Crippen molar-refractivity contribution in [3.05, 3.63) is 40.8 Å². The SMILES string of the molecule is O=C(OCCO)n1ncc2ccccc2c1=O. The number of hydrogen-bond acceptors (Lipinski definition) is 5. The van der Waals surface area contributed by atoms with E-state index in [1.54, 1.807) is 24.3 Å². The van der Waals surface area contributed by atoms with Crippen molar-refractivity contribution in [2.75, 3.05) is 13.2 Å². The maximum absolute atomic E-state index is 11.9. The van der Waals surface area contributed by atoms with E-state index >= 15 is 0 Å². The summed E-state index contributed by atoms with van der Waals surface area (Å²) < 4.78 is 5.26. The van der Waals surface area contributed by atoms with Crippen LogP contribution in [0.15, 0.2) is 35.3 Å². The summed E-state index contributed by atoms with van der Waals surface area (Å²) in [5.74, 6) is 0. The van der Waals surface area contributed by atoms with Gasteiger partial charge in [0.05, 0.1) is 18.2 Å². The summed E-state index contributed by atoms with van der Waals surface area (Å²) >= 11 is 0. The Morgan fingerprint density at radius 2 is 2.18 bits per heavy atom. The van der Waals surface area contributed by atoms with Crippen molar-refractivity contribution in [1.82, 2.24) is 9.78 Å². The molecule has 0 saturated heterocycles. The second-order valence-electron chi connectivity index (χ2n) is 3.29. The van der Waals surface area contributed by atoms with Crippen molar-refractivity contribution in [1.29, 1.82) is 0 Å². The average Bonchev–Trinajstić information content (AvgIpc) is 2.37. The van der Waals surface area contributed by atoms with Gasteiger partial charge in [0.1, 0.15) is 6.61 Å². The van der Waals surface area contributed by atoms with E-state index in [0.29, 0.717) is 15.5 Å². The monoisotopic (exact) mass is 234 g/mol. The summed E-state index contributed by atoms with van der Waals surface area (Å²) in [5.41, 5.74) is -0.536. The minimum Gasteiger partial charge on any atom is -0.445 e. The van der Waals surface area contributed by atoms with Gasteiger partial charge in [-0.3, -0.25) is 4.79 Å². The lowest BCUT2D eigenvalue weighted by molar-refractivity contribution is 0.117. The largest absolute Gasteiger partial charge is 0.445 e. The van der Waals surface area contributed by atoms with Gasteiger partial charge in [-0.2, -0.15) is 5.10 Å². The van der Waals surface area contributed by atoms with Gasteiger partial charge in [-0.15, -0.1) is 4.68 Å². The summed E-state index contributed by atoms with van der Waals surface area (Å²) in [7, 11) is 0. The van der Waals surface area contributed by atoms with E-state index in [1.165, 1.54) is 6.20 Å². The predicted octanol–water partition coefficient (Wildman–Crippen LogP) is 0.373. The molecular formula is C11H10N2O4. The maximum atomic E-state index is 11.9. The van der Waals surface area contributed by atoms with Crippen molar-refractivity contribution in [3.8, 4) is 0 Å². The number of ether oxygens (including phenoxy) is 1. The lowest BCUT2D eigenvalue weighted by Crippen LogP contribution is -2.30. The molecule has 1 aromatic heterocycles.